The van der Waals surface area contributed by atoms with E-state index in [1.54, 1.807) is 11.3 Å². The first-order valence-electron chi connectivity index (χ1n) is 7.46. The Labute approximate surface area is 124 Å². The van der Waals surface area contributed by atoms with Gasteiger partial charge in [0.1, 0.15) is 12.4 Å². The minimum absolute atomic E-state index is 0.517. The molecular weight excluding hydrogens is 268 g/mol. The van der Waals surface area contributed by atoms with Gasteiger partial charge in [-0.3, -0.25) is 0 Å². The highest BCUT2D eigenvalue weighted by atomic mass is 32.1. The van der Waals surface area contributed by atoms with Crippen LogP contribution >= 0.6 is 11.3 Å². The number of nitrogens with zero attached hydrogens (tertiary/aromatic N) is 1. The summed E-state index contributed by atoms with van der Waals surface area (Å²) in [6.07, 6.45) is 3.54. The second-order valence-electron chi connectivity index (χ2n) is 5.94. The number of aromatic nitrogens is 1. The molecule has 1 aliphatic rings. The molecule has 4 heteroatoms. The zero-order valence-corrected chi connectivity index (χ0v) is 13.0. The molecule has 0 bridgehead atoms. The Morgan fingerprint density at radius 3 is 3.10 bits per heavy atom. The Morgan fingerprint density at radius 2 is 2.35 bits per heavy atom. The van der Waals surface area contributed by atoms with E-state index < -0.39 is 0 Å². The Bertz CT molecular complexity index is 573. The van der Waals surface area contributed by atoms with E-state index in [0.29, 0.717) is 12.0 Å². The third kappa shape index (κ3) is 3.30. The summed E-state index contributed by atoms with van der Waals surface area (Å²) in [5, 5.41) is 4.68. The molecule has 0 spiro atoms. The van der Waals surface area contributed by atoms with Gasteiger partial charge in [-0.05, 0) is 43.5 Å². The maximum Gasteiger partial charge on any atom is 0.120 e. The summed E-state index contributed by atoms with van der Waals surface area (Å²) in [6, 6.07) is 6.76. The lowest BCUT2D eigenvalue weighted by Gasteiger charge is -2.11. The van der Waals surface area contributed by atoms with Gasteiger partial charge in [-0.25, -0.2) is 4.98 Å². The molecule has 1 aromatic carbocycles. The number of nitrogens with one attached hydrogen (secondary N) is 1. The van der Waals surface area contributed by atoms with E-state index in [9.17, 15) is 0 Å². The van der Waals surface area contributed by atoms with E-state index in [1.807, 2.05) is 6.07 Å². The van der Waals surface area contributed by atoms with Crippen molar-refractivity contribution in [3.63, 3.8) is 0 Å². The second kappa shape index (κ2) is 6.10. The van der Waals surface area contributed by atoms with Gasteiger partial charge in [0.05, 0.1) is 15.2 Å². The molecule has 3 rings (SSSR count). The van der Waals surface area contributed by atoms with Gasteiger partial charge in [-0.1, -0.05) is 13.8 Å². The molecule has 108 valence electrons. The lowest BCUT2D eigenvalue weighted by Crippen LogP contribution is -2.28. The maximum absolute atomic E-state index is 5.90. The summed E-state index contributed by atoms with van der Waals surface area (Å²) >= 11 is 1.79. The van der Waals surface area contributed by atoms with Gasteiger partial charge in [0.15, 0.2) is 0 Å². The lowest BCUT2D eigenvalue weighted by molar-refractivity contribution is 0.277. The van der Waals surface area contributed by atoms with Crippen LogP contribution in [0.15, 0.2) is 18.2 Å². The maximum atomic E-state index is 5.90. The van der Waals surface area contributed by atoms with Crippen molar-refractivity contribution in [1.29, 1.82) is 0 Å². The van der Waals surface area contributed by atoms with Crippen LogP contribution in [0.3, 0.4) is 0 Å². The first kappa shape index (κ1) is 13.8. The summed E-state index contributed by atoms with van der Waals surface area (Å²) in [5.74, 6) is 1.62. The molecule has 1 N–H and O–H groups in total. The van der Waals surface area contributed by atoms with Crippen molar-refractivity contribution in [3.8, 4) is 5.75 Å². The monoisotopic (exact) mass is 290 g/mol. The topological polar surface area (TPSA) is 34.1 Å². The van der Waals surface area contributed by atoms with Crippen LogP contribution in [0.2, 0.25) is 0 Å². The molecule has 1 saturated heterocycles. The minimum atomic E-state index is 0.517. The van der Waals surface area contributed by atoms with Crippen LogP contribution < -0.4 is 10.1 Å². The Morgan fingerprint density at radius 1 is 1.45 bits per heavy atom. The molecule has 1 aliphatic heterocycles. The first-order chi connectivity index (χ1) is 9.70. The van der Waals surface area contributed by atoms with Crippen LogP contribution in [0, 0.1) is 5.92 Å². The van der Waals surface area contributed by atoms with E-state index in [1.165, 1.54) is 22.5 Å². The van der Waals surface area contributed by atoms with Crippen molar-refractivity contribution < 1.29 is 4.74 Å². The summed E-state index contributed by atoms with van der Waals surface area (Å²) in [4.78, 5) is 4.68. The summed E-state index contributed by atoms with van der Waals surface area (Å²) < 4.78 is 7.14. The zero-order valence-electron chi connectivity index (χ0n) is 12.2. The third-order valence-corrected chi connectivity index (χ3v) is 4.64. The Hall–Kier alpha value is -1.13. The molecule has 1 aromatic heterocycles. The normalized spacial score (nSPS) is 19.1. The standard InChI is InChI=1S/C16H22N2OS/c1-11(2)8-16-18-14-6-5-13(9-15(14)20-16)19-10-12-4-3-7-17-12/h5-6,9,11-12,17H,3-4,7-8,10H2,1-2H3. The van der Waals surface area contributed by atoms with Crippen molar-refractivity contribution in [2.75, 3.05) is 13.2 Å². The average molecular weight is 290 g/mol. The van der Waals surface area contributed by atoms with E-state index >= 15 is 0 Å². The summed E-state index contributed by atoms with van der Waals surface area (Å²) in [5.41, 5.74) is 1.09. The van der Waals surface area contributed by atoms with E-state index in [-0.39, 0.29) is 0 Å². The van der Waals surface area contributed by atoms with Crippen molar-refractivity contribution in [1.82, 2.24) is 10.3 Å². The largest absolute Gasteiger partial charge is 0.492 e. The van der Waals surface area contributed by atoms with Gasteiger partial charge in [0.25, 0.3) is 0 Å². The second-order valence-corrected chi connectivity index (χ2v) is 7.05. The smallest absolute Gasteiger partial charge is 0.120 e. The van der Waals surface area contributed by atoms with E-state index in [4.69, 9.17) is 4.74 Å². The number of benzene rings is 1. The van der Waals surface area contributed by atoms with Crippen molar-refractivity contribution in [2.45, 2.75) is 39.2 Å². The molecule has 2 aromatic rings. The van der Waals surface area contributed by atoms with Gasteiger partial charge in [0.2, 0.25) is 0 Å². The SMILES string of the molecule is CC(C)Cc1nc2ccc(OCC3CCCN3)cc2s1. The Balaban J connectivity index is 1.69. The average Bonchev–Trinajstić information content (AvgIpc) is 3.03. The quantitative estimate of drug-likeness (QED) is 0.913. The molecule has 3 nitrogen and oxygen atoms in total. The molecule has 1 fully saturated rings. The number of rotatable bonds is 5. The molecule has 1 unspecified atom stereocenters. The fourth-order valence-corrected chi connectivity index (χ4v) is 3.78. The zero-order chi connectivity index (χ0) is 13.9. The number of thiazole rings is 1. The van der Waals surface area contributed by atoms with Crippen LogP contribution in [-0.4, -0.2) is 24.2 Å². The fraction of sp³-hybridized carbons (Fsp3) is 0.562. The van der Waals surface area contributed by atoms with E-state index in [2.05, 4.69) is 36.3 Å². The third-order valence-electron chi connectivity index (χ3n) is 3.60. The van der Waals surface area contributed by atoms with Crippen molar-refractivity contribution >= 4 is 21.6 Å². The number of ether oxygens (including phenoxy) is 1. The molecule has 0 aliphatic carbocycles. The predicted octanol–water partition coefficient (Wildman–Crippen LogP) is 3.63. The Kier molecular flexibility index (Phi) is 4.22. The molecule has 2 heterocycles. The molecule has 1 atom stereocenters. The van der Waals surface area contributed by atoms with Crippen LogP contribution in [0.4, 0.5) is 0 Å². The van der Waals surface area contributed by atoms with Crippen LogP contribution in [0.25, 0.3) is 10.2 Å². The molecular formula is C16H22N2OS. The van der Waals surface area contributed by atoms with Gasteiger partial charge in [-0.2, -0.15) is 0 Å². The first-order valence-corrected chi connectivity index (χ1v) is 8.28. The van der Waals surface area contributed by atoms with Gasteiger partial charge in [0, 0.05) is 12.5 Å². The molecule has 20 heavy (non-hydrogen) atoms. The predicted molar refractivity (Wildman–Crippen MR) is 84.7 cm³/mol. The van der Waals surface area contributed by atoms with Gasteiger partial charge >= 0.3 is 0 Å². The fourth-order valence-electron chi connectivity index (χ4n) is 2.57. The number of fused-ring (bicyclic) bond motifs is 1. The molecule has 0 amide bonds. The highest BCUT2D eigenvalue weighted by molar-refractivity contribution is 7.18. The molecule has 0 radical (unpaired) electrons. The lowest BCUT2D eigenvalue weighted by atomic mass is 10.1. The summed E-state index contributed by atoms with van der Waals surface area (Å²) in [6.45, 7) is 6.36. The van der Waals surface area contributed by atoms with Crippen LogP contribution in [0.5, 0.6) is 5.75 Å². The highest BCUT2D eigenvalue weighted by Gasteiger charge is 2.14. The van der Waals surface area contributed by atoms with Crippen molar-refractivity contribution in [2.24, 2.45) is 5.92 Å². The number of hydrogen-bond donors (Lipinski definition) is 1. The van der Waals surface area contributed by atoms with Gasteiger partial charge < -0.3 is 10.1 Å². The minimum Gasteiger partial charge on any atom is -0.492 e. The number of hydrogen-bond acceptors (Lipinski definition) is 4. The highest BCUT2D eigenvalue weighted by Crippen LogP contribution is 2.27. The summed E-state index contributed by atoms with van der Waals surface area (Å²) in [7, 11) is 0. The van der Waals surface area contributed by atoms with Crippen LogP contribution in [0.1, 0.15) is 31.7 Å². The molecule has 0 saturated carbocycles. The van der Waals surface area contributed by atoms with E-state index in [0.717, 1.165) is 30.8 Å². The van der Waals surface area contributed by atoms with Crippen molar-refractivity contribution in [3.05, 3.63) is 23.2 Å². The van der Waals surface area contributed by atoms with Gasteiger partial charge in [-0.15, -0.1) is 11.3 Å². The van der Waals surface area contributed by atoms with Crippen LogP contribution in [-0.2, 0) is 6.42 Å².